The van der Waals surface area contributed by atoms with Gasteiger partial charge in [-0.15, -0.1) is 0 Å². The van der Waals surface area contributed by atoms with Crippen LogP contribution in [0.25, 0.3) is 0 Å². The summed E-state index contributed by atoms with van der Waals surface area (Å²) in [6, 6.07) is 1.89. The zero-order chi connectivity index (χ0) is 14.8. The SMILES string of the molecule is NC[C@H](O)c1ccc(O)c(O)c1OC(=O)C(F)(F)F. The number of aliphatic hydroxyl groups is 1. The first-order valence-electron chi connectivity index (χ1n) is 4.90. The molecule has 0 amide bonds. The van der Waals surface area contributed by atoms with E-state index in [4.69, 9.17) is 10.8 Å². The highest BCUT2D eigenvalue weighted by Gasteiger charge is 2.42. The number of aliphatic hydroxyl groups excluding tert-OH is 1. The van der Waals surface area contributed by atoms with Crippen molar-refractivity contribution in [3.63, 3.8) is 0 Å². The standard InChI is InChI=1S/C10H10F3NO5/c11-10(12,13)9(18)19-8-4(6(16)3-14)1-2-5(15)7(8)17/h1-2,6,15-17H,3,14H2/t6-/m0/s1. The summed E-state index contributed by atoms with van der Waals surface area (Å²) >= 11 is 0. The smallest absolute Gasteiger partial charge is 0.491 e. The van der Waals surface area contributed by atoms with Crippen molar-refractivity contribution >= 4 is 5.97 Å². The van der Waals surface area contributed by atoms with Crippen LogP contribution in [0.5, 0.6) is 17.2 Å². The Morgan fingerprint density at radius 3 is 2.42 bits per heavy atom. The van der Waals surface area contributed by atoms with Crippen molar-refractivity contribution in [3.8, 4) is 17.2 Å². The molecule has 19 heavy (non-hydrogen) atoms. The molecule has 5 N–H and O–H groups in total. The molecular weight excluding hydrogens is 271 g/mol. The molecule has 0 saturated carbocycles. The third-order valence-corrected chi connectivity index (χ3v) is 2.15. The number of carbonyl (C=O) groups is 1. The maximum atomic E-state index is 12.1. The quantitative estimate of drug-likeness (QED) is 0.366. The number of aromatic hydroxyl groups is 2. The second-order valence-corrected chi connectivity index (χ2v) is 3.49. The van der Waals surface area contributed by atoms with Crippen LogP contribution in [-0.2, 0) is 4.79 Å². The average molecular weight is 281 g/mol. The minimum atomic E-state index is -5.29. The molecule has 0 fully saturated rings. The third-order valence-electron chi connectivity index (χ3n) is 2.15. The van der Waals surface area contributed by atoms with E-state index in [0.717, 1.165) is 12.1 Å². The molecule has 0 aromatic heterocycles. The lowest BCUT2D eigenvalue weighted by molar-refractivity contribution is -0.189. The van der Waals surface area contributed by atoms with E-state index in [1.807, 2.05) is 0 Å². The number of benzene rings is 1. The molecule has 1 aromatic rings. The minimum absolute atomic E-state index is 0.351. The summed E-state index contributed by atoms with van der Waals surface area (Å²) in [5.74, 6) is -5.49. The van der Waals surface area contributed by atoms with Crippen LogP contribution in [0.2, 0.25) is 0 Å². The fourth-order valence-corrected chi connectivity index (χ4v) is 1.22. The van der Waals surface area contributed by atoms with Gasteiger partial charge in [0, 0.05) is 12.1 Å². The first-order valence-corrected chi connectivity index (χ1v) is 4.90. The second-order valence-electron chi connectivity index (χ2n) is 3.49. The number of carbonyl (C=O) groups excluding carboxylic acids is 1. The summed E-state index contributed by atoms with van der Waals surface area (Å²) in [7, 11) is 0. The number of phenols is 2. The molecule has 1 rings (SSSR count). The van der Waals surface area contributed by atoms with Crippen LogP contribution in [0.1, 0.15) is 11.7 Å². The van der Waals surface area contributed by atoms with Gasteiger partial charge in [0.05, 0.1) is 6.10 Å². The van der Waals surface area contributed by atoms with Crippen LogP contribution in [0, 0.1) is 0 Å². The number of halogens is 3. The molecule has 0 heterocycles. The zero-order valence-electron chi connectivity index (χ0n) is 9.31. The summed E-state index contributed by atoms with van der Waals surface area (Å²) in [4.78, 5) is 10.7. The van der Waals surface area contributed by atoms with Crippen molar-refractivity contribution in [2.45, 2.75) is 12.3 Å². The molecule has 0 aliphatic heterocycles. The molecule has 9 heteroatoms. The van der Waals surface area contributed by atoms with Gasteiger partial charge in [-0.3, -0.25) is 0 Å². The number of rotatable bonds is 3. The van der Waals surface area contributed by atoms with E-state index in [9.17, 15) is 28.2 Å². The molecule has 0 bridgehead atoms. The van der Waals surface area contributed by atoms with E-state index in [2.05, 4.69) is 4.74 Å². The Morgan fingerprint density at radius 2 is 1.95 bits per heavy atom. The maximum Gasteiger partial charge on any atom is 0.491 e. The molecule has 1 atom stereocenters. The predicted octanol–water partition coefficient (Wildman–Crippen LogP) is 0.558. The normalized spacial score (nSPS) is 13.1. The Morgan fingerprint density at radius 1 is 1.37 bits per heavy atom. The molecule has 0 unspecified atom stereocenters. The van der Waals surface area contributed by atoms with Crippen LogP contribution in [0.4, 0.5) is 13.2 Å². The number of alkyl halides is 3. The van der Waals surface area contributed by atoms with Crippen molar-refractivity contribution in [3.05, 3.63) is 17.7 Å². The Balaban J connectivity index is 3.24. The number of phenolic OH excluding ortho intramolecular Hbond substituents is 2. The molecule has 0 radical (unpaired) electrons. The first kappa shape index (κ1) is 15.1. The lowest BCUT2D eigenvalue weighted by Gasteiger charge is -2.16. The van der Waals surface area contributed by atoms with Gasteiger partial charge in [0.15, 0.2) is 11.5 Å². The fraction of sp³-hybridized carbons (Fsp3) is 0.300. The number of nitrogens with two attached hydrogens (primary N) is 1. The Hall–Kier alpha value is -2.00. The predicted molar refractivity (Wildman–Crippen MR) is 55.5 cm³/mol. The third kappa shape index (κ3) is 3.26. The highest BCUT2D eigenvalue weighted by Crippen LogP contribution is 2.41. The second kappa shape index (κ2) is 5.33. The molecule has 1 aromatic carbocycles. The van der Waals surface area contributed by atoms with Gasteiger partial charge in [0.25, 0.3) is 0 Å². The molecule has 0 aliphatic carbocycles. The Bertz CT molecular complexity index is 489. The van der Waals surface area contributed by atoms with Crippen molar-refractivity contribution in [2.24, 2.45) is 5.73 Å². The molecule has 0 saturated heterocycles. The summed E-state index contributed by atoms with van der Waals surface area (Å²) in [5, 5.41) is 28.0. The van der Waals surface area contributed by atoms with Crippen LogP contribution in [0.15, 0.2) is 12.1 Å². The van der Waals surface area contributed by atoms with Gasteiger partial charge in [0.1, 0.15) is 0 Å². The molecule has 0 spiro atoms. The van der Waals surface area contributed by atoms with Gasteiger partial charge in [0.2, 0.25) is 5.75 Å². The van der Waals surface area contributed by atoms with Crippen LogP contribution in [-0.4, -0.2) is 34.0 Å². The molecule has 106 valence electrons. The Labute approximate surface area is 104 Å². The summed E-state index contributed by atoms with van der Waals surface area (Å²) in [5.41, 5.74) is 4.77. The molecule has 0 aliphatic rings. The number of hydrogen-bond donors (Lipinski definition) is 4. The van der Waals surface area contributed by atoms with Crippen molar-refractivity contribution in [1.82, 2.24) is 0 Å². The lowest BCUT2D eigenvalue weighted by atomic mass is 10.1. The van der Waals surface area contributed by atoms with Crippen molar-refractivity contribution < 1.29 is 38.0 Å². The number of hydrogen-bond acceptors (Lipinski definition) is 6. The van der Waals surface area contributed by atoms with E-state index in [0.29, 0.717) is 0 Å². The highest BCUT2D eigenvalue weighted by molar-refractivity contribution is 5.79. The summed E-state index contributed by atoms with van der Waals surface area (Å²) in [6.07, 6.45) is -6.76. The topological polar surface area (TPSA) is 113 Å². The van der Waals surface area contributed by atoms with Gasteiger partial charge < -0.3 is 25.8 Å². The van der Waals surface area contributed by atoms with E-state index in [-0.39, 0.29) is 12.1 Å². The van der Waals surface area contributed by atoms with E-state index in [1.165, 1.54) is 0 Å². The van der Waals surface area contributed by atoms with Gasteiger partial charge in [-0.2, -0.15) is 13.2 Å². The van der Waals surface area contributed by atoms with Gasteiger partial charge >= 0.3 is 12.1 Å². The largest absolute Gasteiger partial charge is 0.504 e. The summed E-state index contributed by atoms with van der Waals surface area (Å²) < 4.78 is 40.2. The Kier molecular flexibility index (Phi) is 4.22. The summed E-state index contributed by atoms with van der Waals surface area (Å²) in [6.45, 7) is -0.388. The fourth-order valence-electron chi connectivity index (χ4n) is 1.22. The van der Waals surface area contributed by atoms with Gasteiger partial charge in [-0.25, -0.2) is 4.79 Å². The lowest BCUT2D eigenvalue weighted by Crippen LogP contribution is -2.28. The average Bonchev–Trinajstić information content (AvgIpc) is 2.33. The molecular formula is C10H10F3NO5. The van der Waals surface area contributed by atoms with Crippen LogP contribution < -0.4 is 10.5 Å². The zero-order valence-corrected chi connectivity index (χ0v) is 9.31. The van der Waals surface area contributed by atoms with E-state index in [1.54, 1.807) is 0 Å². The van der Waals surface area contributed by atoms with E-state index < -0.39 is 35.5 Å². The van der Waals surface area contributed by atoms with Crippen molar-refractivity contribution in [2.75, 3.05) is 6.54 Å². The van der Waals surface area contributed by atoms with Crippen LogP contribution >= 0.6 is 0 Å². The number of ether oxygens (including phenoxy) is 1. The van der Waals surface area contributed by atoms with Crippen LogP contribution in [0.3, 0.4) is 0 Å². The first-order chi connectivity index (χ1) is 8.68. The monoisotopic (exact) mass is 281 g/mol. The minimum Gasteiger partial charge on any atom is -0.504 e. The van der Waals surface area contributed by atoms with Gasteiger partial charge in [-0.1, -0.05) is 0 Å². The maximum absolute atomic E-state index is 12.1. The highest BCUT2D eigenvalue weighted by atomic mass is 19.4. The van der Waals surface area contributed by atoms with Gasteiger partial charge in [-0.05, 0) is 12.1 Å². The van der Waals surface area contributed by atoms with Crippen molar-refractivity contribution in [1.29, 1.82) is 0 Å². The number of esters is 1. The molecule has 6 nitrogen and oxygen atoms in total. The van der Waals surface area contributed by atoms with E-state index >= 15 is 0 Å².